The molecule has 3 rings (SSSR count). The number of hydrogen-bond acceptors (Lipinski definition) is 5. The summed E-state index contributed by atoms with van der Waals surface area (Å²) in [6.45, 7) is 1.97. The van der Waals surface area contributed by atoms with Gasteiger partial charge in [0.1, 0.15) is 6.10 Å². The van der Waals surface area contributed by atoms with Crippen LogP contribution in [0.15, 0.2) is 41.1 Å². The molecular weight excluding hydrogens is 284 g/mol. The second kappa shape index (κ2) is 5.90. The normalized spacial score (nSPS) is 27.8. The zero-order chi connectivity index (χ0) is 15.7. The maximum Gasteiger partial charge on any atom is 0.290 e. The molecule has 0 aliphatic heterocycles. The van der Waals surface area contributed by atoms with E-state index in [-0.39, 0.29) is 11.7 Å². The monoisotopic (exact) mass is 302 g/mol. The van der Waals surface area contributed by atoms with Crippen LogP contribution in [0.1, 0.15) is 34.0 Å². The van der Waals surface area contributed by atoms with Crippen LogP contribution in [-0.4, -0.2) is 39.5 Å². The topological polar surface area (TPSA) is 95.6 Å². The van der Waals surface area contributed by atoms with Gasteiger partial charge in [-0.2, -0.15) is 0 Å². The van der Waals surface area contributed by atoms with Crippen molar-refractivity contribution >= 4 is 5.91 Å². The van der Waals surface area contributed by atoms with E-state index in [9.17, 15) is 15.0 Å². The van der Waals surface area contributed by atoms with Gasteiger partial charge in [0.2, 0.25) is 5.76 Å². The standard InChI is InChI=1S/C16H18N2O4/c1-9-4-2-3-5-10(9)11-8-12(19)15(20)14(11)18-16(21)13-6-7-17-22-13/h2-7,11-12,14-15,19-20H,8H2,1H3,(H,18,21)/t11-,12-,14-,15-/m1/s1. The molecule has 1 aromatic heterocycles. The maximum absolute atomic E-state index is 12.1. The average Bonchev–Trinajstić information content (AvgIpc) is 3.12. The Labute approximate surface area is 127 Å². The Balaban J connectivity index is 1.86. The molecule has 1 aromatic carbocycles. The van der Waals surface area contributed by atoms with Crippen molar-refractivity contribution in [1.29, 1.82) is 0 Å². The number of aromatic nitrogens is 1. The van der Waals surface area contributed by atoms with Gasteiger partial charge in [0.15, 0.2) is 0 Å². The Kier molecular flexibility index (Phi) is 3.96. The number of amides is 1. The van der Waals surface area contributed by atoms with Gasteiger partial charge in [0.05, 0.1) is 18.3 Å². The fourth-order valence-electron chi connectivity index (χ4n) is 3.09. The Morgan fingerprint density at radius 1 is 1.32 bits per heavy atom. The summed E-state index contributed by atoms with van der Waals surface area (Å²) in [6, 6.07) is 8.65. The first-order valence-corrected chi connectivity index (χ1v) is 7.21. The second-order valence-corrected chi connectivity index (χ2v) is 5.63. The first-order chi connectivity index (χ1) is 10.6. The Morgan fingerprint density at radius 3 is 2.77 bits per heavy atom. The Bertz CT molecular complexity index is 656. The van der Waals surface area contributed by atoms with Crippen LogP contribution in [0.2, 0.25) is 0 Å². The Hall–Kier alpha value is -2.18. The van der Waals surface area contributed by atoms with Crippen molar-refractivity contribution in [3.63, 3.8) is 0 Å². The van der Waals surface area contributed by atoms with Crippen LogP contribution in [0, 0.1) is 6.92 Å². The zero-order valence-electron chi connectivity index (χ0n) is 12.1. The molecule has 1 aliphatic rings. The molecule has 6 nitrogen and oxygen atoms in total. The molecule has 1 amide bonds. The molecular formula is C16H18N2O4. The third-order valence-electron chi connectivity index (χ3n) is 4.24. The first kappa shape index (κ1) is 14.7. The van der Waals surface area contributed by atoms with Crippen LogP contribution in [0.3, 0.4) is 0 Å². The van der Waals surface area contributed by atoms with Crippen LogP contribution in [-0.2, 0) is 0 Å². The number of rotatable bonds is 3. The number of nitrogens with one attached hydrogen (secondary N) is 1. The number of carbonyl (C=O) groups excluding carboxylic acids is 1. The summed E-state index contributed by atoms with van der Waals surface area (Å²) < 4.78 is 4.83. The van der Waals surface area contributed by atoms with Gasteiger partial charge in [-0.05, 0) is 24.5 Å². The highest BCUT2D eigenvalue weighted by atomic mass is 16.5. The summed E-state index contributed by atoms with van der Waals surface area (Å²) in [5.41, 5.74) is 2.08. The lowest BCUT2D eigenvalue weighted by atomic mass is 9.90. The fourth-order valence-corrected chi connectivity index (χ4v) is 3.09. The quantitative estimate of drug-likeness (QED) is 0.786. The van der Waals surface area contributed by atoms with Crippen LogP contribution in [0.5, 0.6) is 0 Å². The molecule has 0 bridgehead atoms. The highest BCUT2D eigenvalue weighted by Crippen LogP contribution is 2.36. The van der Waals surface area contributed by atoms with Crippen molar-refractivity contribution in [1.82, 2.24) is 10.5 Å². The molecule has 22 heavy (non-hydrogen) atoms. The number of benzene rings is 1. The summed E-state index contributed by atoms with van der Waals surface area (Å²) in [6.07, 6.45) is -0.109. The van der Waals surface area contributed by atoms with Gasteiger partial charge < -0.3 is 20.1 Å². The molecule has 0 saturated heterocycles. The van der Waals surface area contributed by atoms with Crippen LogP contribution < -0.4 is 5.32 Å². The molecule has 1 fully saturated rings. The third-order valence-corrected chi connectivity index (χ3v) is 4.24. The molecule has 0 unspecified atom stereocenters. The number of aryl methyl sites for hydroxylation is 1. The van der Waals surface area contributed by atoms with E-state index in [0.717, 1.165) is 11.1 Å². The predicted octanol–water partition coefficient (Wildman–Crippen LogP) is 0.991. The second-order valence-electron chi connectivity index (χ2n) is 5.63. The summed E-state index contributed by atoms with van der Waals surface area (Å²) in [5.74, 6) is -0.524. The molecule has 116 valence electrons. The third kappa shape index (κ3) is 2.63. The van der Waals surface area contributed by atoms with Gasteiger partial charge in [0, 0.05) is 12.0 Å². The van der Waals surface area contributed by atoms with Gasteiger partial charge >= 0.3 is 0 Å². The largest absolute Gasteiger partial charge is 0.390 e. The lowest BCUT2D eigenvalue weighted by Crippen LogP contribution is -2.45. The van der Waals surface area contributed by atoms with Gasteiger partial charge in [-0.1, -0.05) is 29.4 Å². The highest BCUT2D eigenvalue weighted by molar-refractivity contribution is 5.91. The van der Waals surface area contributed by atoms with E-state index in [1.165, 1.54) is 12.3 Å². The van der Waals surface area contributed by atoms with E-state index in [4.69, 9.17) is 4.52 Å². The van der Waals surface area contributed by atoms with Crippen LogP contribution >= 0.6 is 0 Å². The van der Waals surface area contributed by atoms with E-state index in [1.54, 1.807) is 0 Å². The minimum absolute atomic E-state index is 0.0807. The fraction of sp³-hybridized carbons (Fsp3) is 0.375. The van der Waals surface area contributed by atoms with Crippen molar-refractivity contribution in [3.8, 4) is 0 Å². The lowest BCUT2D eigenvalue weighted by molar-refractivity contribution is 0.0290. The molecule has 0 radical (unpaired) electrons. The van der Waals surface area contributed by atoms with Gasteiger partial charge in [-0.15, -0.1) is 0 Å². The number of nitrogens with zero attached hydrogens (tertiary/aromatic N) is 1. The van der Waals surface area contributed by atoms with E-state index in [1.807, 2.05) is 31.2 Å². The molecule has 4 atom stereocenters. The average molecular weight is 302 g/mol. The van der Waals surface area contributed by atoms with E-state index < -0.39 is 24.2 Å². The maximum atomic E-state index is 12.1. The molecule has 2 aromatic rings. The number of aliphatic hydroxyl groups is 2. The van der Waals surface area contributed by atoms with Crippen molar-refractivity contribution in [2.45, 2.75) is 37.5 Å². The van der Waals surface area contributed by atoms with E-state index >= 15 is 0 Å². The molecule has 3 N–H and O–H groups in total. The molecule has 0 spiro atoms. The van der Waals surface area contributed by atoms with E-state index in [2.05, 4.69) is 10.5 Å². The van der Waals surface area contributed by atoms with Crippen LogP contribution in [0.25, 0.3) is 0 Å². The summed E-state index contributed by atoms with van der Waals surface area (Å²) >= 11 is 0. The molecule has 1 aliphatic carbocycles. The smallest absolute Gasteiger partial charge is 0.290 e. The number of hydrogen-bond donors (Lipinski definition) is 3. The predicted molar refractivity (Wildman–Crippen MR) is 78.3 cm³/mol. The first-order valence-electron chi connectivity index (χ1n) is 7.21. The zero-order valence-corrected chi connectivity index (χ0v) is 12.1. The summed E-state index contributed by atoms with van der Waals surface area (Å²) in [4.78, 5) is 12.1. The van der Waals surface area contributed by atoms with Crippen molar-refractivity contribution in [2.75, 3.05) is 0 Å². The van der Waals surface area contributed by atoms with Gasteiger partial charge in [-0.25, -0.2) is 0 Å². The molecule has 6 heteroatoms. The molecule has 1 heterocycles. The van der Waals surface area contributed by atoms with Gasteiger partial charge in [0.25, 0.3) is 5.91 Å². The van der Waals surface area contributed by atoms with Crippen molar-refractivity contribution < 1.29 is 19.5 Å². The number of aliphatic hydroxyl groups excluding tert-OH is 2. The van der Waals surface area contributed by atoms with Crippen molar-refractivity contribution in [3.05, 3.63) is 53.4 Å². The van der Waals surface area contributed by atoms with Gasteiger partial charge in [-0.3, -0.25) is 4.79 Å². The van der Waals surface area contributed by atoms with Crippen molar-refractivity contribution in [2.24, 2.45) is 0 Å². The molecule has 1 saturated carbocycles. The summed E-state index contributed by atoms with van der Waals surface area (Å²) in [7, 11) is 0. The SMILES string of the molecule is Cc1ccccc1[C@H]1C[C@@H](O)[C@@H](O)[C@@H]1NC(=O)c1ccno1. The Morgan fingerprint density at radius 2 is 2.09 bits per heavy atom. The van der Waals surface area contributed by atoms with E-state index in [0.29, 0.717) is 6.42 Å². The highest BCUT2D eigenvalue weighted by Gasteiger charge is 2.43. The minimum Gasteiger partial charge on any atom is -0.390 e. The minimum atomic E-state index is -1.02. The summed E-state index contributed by atoms with van der Waals surface area (Å²) in [5, 5.41) is 26.5. The lowest BCUT2D eigenvalue weighted by Gasteiger charge is -2.24. The van der Waals surface area contributed by atoms with Crippen LogP contribution in [0.4, 0.5) is 0 Å². The number of carbonyl (C=O) groups is 1.